The quantitative estimate of drug-likeness (QED) is 0.275. The largest absolute Gasteiger partial charge is 0.361 e. The van der Waals surface area contributed by atoms with Crippen molar-refractivity contribution in [3.63, 3.8) is 0 Å². The Morgan fingerprint density at radius 2 is 1.68 bits per heavy atom. The predicted octanol–water partition coefficient (Wildman–Crippen LogP) is 5.62. The smallest absolute Gasteiger partial charge is 0.291 e. The number of anilines is 1. The predicted molar refractivity (Wildman–Crippen MR) is 137 cm³/mol. The lowest BCUT2D eigenvalue weighted by Crippen LogP contribution is -2.49. The zero-order valence-corrected chi connectivity index (χ0v) is 20.0. The van der Waals surface area contributed by atoms with Gasteiger partial charge in [-0.1, -0.05) is 30.3 Å². The second-order valence-corrected chi connectivity index (χ2v) is 9.52. The van der Waals surface area contributed by atoms with Gasteiger partial charge in [-0.15, -0.1) is 0 Å². The van der Waals surface area contributed by atoms with Crippen molar-refractivity contribution in [2.45, 2.75) is 6.04 Å². The van der Waals surface area contributed by atoms with Gasteiger partial charge in [0.05, 0.1) is 6.04 Å². The maximum atomic E-state index is 13.2. The van der Waals surface area contributed by atoms with Crippen LogP contribution in [0.2, 0.25) is 0 Å². The summed E-state index contributed by atoms with van der Waals surface area (Å²) in [4.78, 5) is 32.1. The number of piperazine rings is 1. The number of benzene rings is 3. The van der Waals surface area contributed by atoms with Gasteiger partial charge in [0.1, 0.15) is 0 Å². The van der Waals surface area contributed by atoms with Gasteiger partial charge in [-0.2, -0.15) is 0 Å². The molecule has 2 N–H and O–H groups in total. The Kier molecular flexibility index (Phi) is 5.23. The molecule has 34 heavy (non-hydrogen) atoms. The van der Waals surface area contributed by atoms with Crippen LogP contribution in [0.3, 0.4) is 0 Å². The van der Waals surface area contributed by atoms with Crippen LogP contribution in [0.4, 0.5) is 10.5 Å². The standard InChI is InChI=1S/C27H23BrN4O2/c28-27(34)30-19-6-7-21-20-3-1-2-4-22(20)25(23(21)16-19)31-11-13-32(14-12-31)26(33)18-5-8-24-17(15-18)9-10-29-24/h1-10,15-16,25,29H,11-14H2,(H,30,34). The summed E-state index contributed by atoms with van der Waals surface area (Å²) in [6.45, 7) is 2.92. The van der Waals surface area contributed by atoms with Crippen LogP contribution < -0.4 is 5.32 Å². The maximum absolute atomic E-state index is 13.2. The number of fused-ring (bicyclic) bond motifs is 4. The third-order valence-corrected chi connectivity index (χ3v) is 7.10. The maximum Gasteiger partial charge on any atom is 0.291 e. The number of aromatic nitrogens is 1. The van der Waals surface area contributed by atoms with Gasteiger partial charge in [0.25, 0.3) is 10.7 Å². The molecular weight excluding hydrogens is 492 g/mol. The van der Waals surface area contributed by atoms with Crippen molar-refractivity contribution < 1.29 is 9.59 Å². The molecule has 1 unspecified atom stereocenters. The number of nitrogens with zero attached hydrogens (tertiary/aromatic N) is 2. The van der Waals surface area contributed by atoms with Gasteiger partial charge < -0.3 is 15.2 Å². The second kappa shape index (κ2) is 8.42. The molecule has 2 aliphatic rings. The van der Waals surface area contributed by atoms with Crippen molar-refractivity contribution in [3.05, 3.63) is 89.6 Å². The van der Waals surface area contributed by atoms with Gasteiger partial charge in [0.15, 0.2) is 0 Å². The van der Waals surface area contributed by atoms with Gasteiger partial charge in [-0.25, -0.2) is 0 Å². The van der Waals surface area contributed by atoms with E-state index in [-0.39, 0.29) is 16.8 Å². The Morgan fingerprint density at radius 3 is 2.50 bits per heavy atom. The van der Waals surface area contributed by atoms with E-state index in [1.54, 1.807) is 0 Å². The fourth-order valence-electron chi connectivity index (χ4n) is 5.32. The Labute approximate surface area is 205 Å². The summed E-state index contributed by atoms with van der Waals surface area (Å²) in [6.07, 6.45) is 1.89. The van der Waals surface area contributed by atoms with E-state index in [2.05, 4.69) is 67.5 Å². The summed E-state index contributed by atoms with van der Waals surface area (Å²) in [7, 11) is 0. The van der Waals surface area contributed by atoms with E-state index in [4.69, 9.17) is 0 Å². The van der Waals surface area contributed by atoms with E-state index in [0.717, 1.165) is 35.2 Å². The summed E-state index contributed by atoms with van der Waals surface area (Å²) in [5.74, 6) is 0.0808. The van der Waals surface area contributed by atoms with Crippen LogP contribution in [0.1, 0.15) is 27.5 Å². The summed E-state index contributed by atoms with van der Waals surface area (Å²) in [5, 5.41) is 3.89. The number of aromatic amines is 1. The zero-order valence-electron chi connectivity index (χ0n) is 18.4. The molecule has 1 aromatic heterocycles. The van der Waals surface area contributed by atoms with Crippen LogP contribution in [-0.2, 0) is 0 Å². The summed E-state index contributed by atoms with van der Waals surface area (Å²) in [6, 6.07) is 22.5. The second-order valence-electron chi connectivity index (χ2n) is 8.80. The summed E-state index contributed by atoms with van der Waals surface area (Å²) in [5.41, 5.74) is 7.44. The van der Waals surface area contributed by atoms with Crippen LogP contribution in [-0.4, -0.2) is 51.7 Å². The lowest BCUT2D eigenvalue weighted by molar-refractivity contribution is 0.0600. The summed E-state index contributed by atoms with van der Waals surface area (Å²) >= 11 is 2.96. The molecule has 1 saturated heterocycles. The number of carbonyl (C=O) groups excluding carboxylic acids is 2. The first-order valence-electron chi connectivity index (χ1n) is 11.4. The number of rotatable bonds is 3. The van der Waals surface area contributed by atoms with Crippen molar-refractivity contribution >= 4 is 43.2 Å². The number of nitrogens with one attached hydrogen (secondary N) is 2. The molecule has 1 fully saturated rings. The molecule has 0 bridgehead atoms. The number of amides is 2. The van der Waals surface area contributed by atoms with Crippen molar-refractivity contribution in [1.82, 2.24) is 14.8 Å². The molecule has 4 aromatic rings. The fraction of sp³-hybridized carbons (Fsp3) is 0.185. The van der Waals surface area contributed by atoms with Gasteiger partial charge in [0, 0.05) is 70.5 Å². The van der Waals surface area contributed by atoms with E-state index in [1.165, 1.54) is 22.3 Å². The van der Waals surface area contributed by atoms with Crippen LogP contribution in [0.25, 0.3) is 22.0 Å². The number of H-pyrrole nitrogens is 1. The Bertz CT molecular complexity index is 1420. The molecule has 6 rings (SSSR count). The lowest BCUT2D eigenvalue weighted by Gasteiger charge is -2.38. The van der Waals surface area contributed by atoms with Crippen molar-refractivity contribution in [3.8, 4) is 11.1 Å². The fourth-order valence-corrected chi connectivity index (χ4v) is 5.55. The average molecular weight is 515 g/mol. The van der Waals surface area contributed by atoms with Gasteiger partial charge in [-0.3, -0.25) is 14.5 Å². The molecule has 1 aliphatic heterocycles. The highest BCUT2D eigenvalue weighted by Crippen LogP contribution is 2.47. The van der Waals surface area contributed by atoms with Crippen LogP contribution in [0.5, 0.6) is 0 Å². The average Bonchev–Trinajstić information content (AvgIpc) is 3.45. The van der Waals surface area contributed by atoms with E-state index >= 15 is 0 Å². The number of halogens is 1. The molecule has 2 amide bonds. The van der Waals surface area contributed by atoms with E-state index in [9.17, 15) is 9.59 Å². The highest BCUT2D eigenvalue weighted by Gasteiger charge is 2.35. The summed E-state index contributed by atoms with van der Waals surface area (Å²) < 4.78 is 0. The third-order valence-electron chi connectivity index (χ3n) is 6.90. The first-order chi connectivity index (χ1) is 16.6. The van der Waals surface area contributed by atoms with Crippen molar-refractivity contribution in [2.24, 2.45) is 0 Å². The van der Waals surface area contributed by atoms with Crippen LogP contribution in [0.15, 0.2) is 72.9 Å². The third kappa shape index (κ3) is 3.61. The van der Waals surface area contributed by atoms with Gasteiger partial charge in [-0.05, 0) is 58.7 Å². The Morgan fingerprint density at radius 1 is 0.882 bits per heavy atom. The first kappa shape index (κ1) is 21.1. The lowest BCUT2D eigenvalue weighted by atomic mass is 10.0. The van der Waals surface area contributed by atoms with Gasteiger partial charge >= 0.3 is 0 Å². The highest BCUT2D eigenvalue weighted by molar-refractivity contribution is 9.18. The molecule has 2 heterocycles. The minimum Gasteiger partial charge on any atom is -0.361 e. The molecule has 0 radical (unpaired) electrons. The first-order valence-corrected chi connectivity index (χ1v) is 12.2. The van der Waals surface area contributed by atoms with Gasteiger partial charge in [0.2, 0.25) is 0 Å². The van der Waals surface area contributed by atoms with E-state index < -0.39 is 0 Å². The minimum atomic E-state index is -0.260. The number of hydrogen-bond acceptors (Lipinski definition) is 3. The molecule has 0 spiro atoms. The van der Waals surface area contributed by atoms with E-state index in [0.29, 0.717) is 13.1 Å². The highest BCUT2D eigenvalue weighted by atomic mass is 79.9. The van der Waals surface area contributed by atoms with Crippen LogP contribution in [0, 0.1) is 0 Å². The number of hydrogen-bond donors (Lipinski definition) is 2. The molecule has 3 aromatic carbocycles. The molecular formula is C27H23BrN4O2. The monoisotopic (exact) mass is 514 g/mol. The molecule has 1 aliphatic carbocycles. The normalized spacial score (nSPS) is 17.4. The van der Waals surface area contributed by atoms with E-state index in [1.807, 2.05) is 41.4 Å². The van der Waals surface area contributed by atoms with Crippen molar-refractivity contribution in [2.75, 3.05) is 31.5 Å². The number of carbonyl (C=O) groups is 2. The van der Waals surface area contributed by atoms with Crippen molar-refractivity contribution in [1.29, 1.82) is 0 Å². The molecule has 170 valence electrons. The molecule has 6 nitrogen and oxygen atoms in total. The minimum absolute atomic E-state index is 0.0808. The Hall–Kier alpha value is -3.42. The topological polar surface area (TPSA) is 68.4 Å². The zero-order chi connectivity index (χ0) is 23.2. The Balaban J connectivity index is 1.25. The molecule has 0 saturated carbocycles. The molecule has 1 atom stereocenters. The van der Waals surface area contributed by atoms with Crippen LogP contribution >= 0.6 is 15.9 Å². The molecule has 7 heteroatoms. The SMILES string of the molecule is O=C(Br)Nc1ccc2c(c1)C(N1CCN(C(=O)c3ccc4[nH]ccc4c3)CC1)c1ccccc1-2.